The summed E-state index contributed by atoms with van der Waals surface area (Å²) in [6.07, 6.45) is 0. The molecular weight excluding hydrogens is 356 g/mol. The van der Waals surface area contributed by atoms with Crippen LogP contribution in [0.3, 0.4) is 0 Å². The van der Waals surface area contributed by atoms with Crippen LogP contribution in [0.5, 0.6) is 5.75 Å². The van der Waals surface area contributed by atoms with E-state index in [0.29, 0.717) is 6.61 Å². The van der Waals surface area contributed by atoms with Crippen LogP contribution in [0.1, 0.15) is 13.8 Å². The molecule has 1 nitrogen and oxygen atoms in total. The van der Waals surface area contributed by atoms with Crippen molar-refractivity contribution in [2.45, 2.75) is 13.8 Å². The second-order valence-electron chi connectivity index (χ2n) is 5.24. The van der Waals surface area contributed by atoms with Gasteiger partial charge in [0.25, 0.3) is 0 Å². The fourth-order valence-electron chi connectivity index (χ4n) is 1.60. The summed E-state index contributed by atoms with van der Waals surface area (Å²) in [6.45, 7) is 5.07. The standard InChI is InChI=1S/C15H16Br2O/c1-15(2,9-16)10-18-14-6-4-11-7-13(17)5-3-12(11)8-14/h3-8H,9-10H2,1-2H3. The molecule has 0 fully saturated rings. The Hall–Kier alpha value is -0.540. The van der Waals surface area contributed by atoms with Gasteiger partial charge in [0.15, 0.2) is 0 Å². The number of fused-ring (bicyclic) bond motifs is 1. The van der Waals surface area contributed by atoms with Gasteiger partial charge in [-0.05, 0) is 35.0 Å². The second kappa shape index (κ2) is 5.62. The molecule has 18 heavy (non-hydrogen) atoms. The van der Waals surface area contributed by atoms with Gasteiger partial charge < -0.3 is 4.74 Å². The van der Waals surface area contributed by atoms with Gasteiger partial charge in [0.1, 0.15) is 5.75 Å². The fraction of sp³-hybridized carbons (Fsp3) is 0.333. The van der Waals surface area contributed by atoms with Crippen molar-refractivity contribution in [2.24, 2.45) is 5.41 Å². The molecule has 0 N–H and O–H groups in total. The molecule has 0 saturated heterocycles. The molecule has 2 aromatic rings. The number of hydrogen-bond donors (Lipinski definition) is 0. The Morgan fingerprint density at radius 1 is 1.06 bits per heavy atom. The maximum Gasteiger partial charge on any atom is 0.119 e. The zero-order chi connectivity index (χ0) is 13.2. The molecule has 0 bridgehead atoms. The Bertz CT molecular complexity index is 549. The van der Waals surface area contributed by atoms with E-state index < -0.39 is 0 Å². The Kier molecular flexibility index (Phi) is 4.33. The molecule has 0 unspecified atom stereocenters. The zero-order valence-corrected chi connectivity index (χ0v) is 13.7. The average Bonchev–Trinajstić information content (AvgIpc) is 2.36. The Morgan fingerprint density at radius 3 is 2.44 bits per heavy atom. The van der Waals surface area contributed by atoms with Gasteiger partial charge in [-0.15, -0.1) is 0 Å². The largest absolute Gasteiger partial charge is 0.493 e. The third kappa shape index (κ3) is 3.48. The van der Waals surface area contributed by atoms with Crippen LogP contribution in [0, 0.1) is 5.41 Å². The van der Waals surface area contributed by atoms with Crippen LogP contribution in [0.2, 0.25) is 0 Å². The van der Waals surface area contributed by atoms with E-state index in [1.54, 1.807) is 0 Å². The average molecular weight is 372 g/mol. The molecule has 3 heteroatoms. The normalized spacial score (nSPS) is 11.8. The van der Waals surface area contributed by atoms with Crippen molar-refractivity contribution in [3.05, 3.63) is 40.9 Å². The summed E-state index contributed by atoms with van der Waals surface area (Å²) < 4.78 is 6.96. The number of ether oxygens (including phenoxy) is 1. The van der Waals surface area contributed by atoms with Crippen molar-refractivity contribution in [2.75, 3.05) is 11.9 Å². The van der Waals surface area contributed by atoms with Gasteiger partial charge >= 0.3 is 0 Å². The number of rotatable bonds is 4. The number of halogens is 2. The molecule has 0 aromatic heterocycles. The van der Waals surface area contributed by atoms with Crippen molar-refractivity contribution in [3.63, 3.8) is 0 Å². The predicted molar refractivity (Wildman–Crippen MR) is 84.7 cm³/mol. The lowest BCUT2D eigenvalue weighted by atomic mass is 9.98. The Balaban J connectivity index is 2.18. The molecule has 0 aliphatic carbocycles. The van der Waals surface area contributed by atoms with Gasteiger partial charge in [-0.3, -0.25) is 0 Å². The third-order valence-corrected chi connectivity index (χ3v) is 4.78. The van der Waals surface area contributed by atoms with Crippen LogP contribution in [0.25, 0.3) is 10.8 Å². The van der Waals surface area contributed by atoms with Crippen LogP contribution in [0.4, 0.5) is 0 Å². The lowest BCUT2D eigenvalue weighted by Gasteiger charge is -2.21. The molecule has 0 heterocycles. The third-order valence-electron chi connectivity index (χ3n) is 2.77. The highest BCUT2D eigenvalue weighted by atomic mass is 79.9. The molecule has 0 aliphatic rings. The first-order valence-electron chi connectivity index (χ1n) is 5.88. The molecule has 0 amide bonds. The maximum absolute atomic E-state index is 5.86. The minimum Gasteiger partial charge on any atom is -0.493 e. The van der Waals surface area contributed by atoms with Gasteiger partial charge in [-0.2, -0.15) is 0 Å². The Morgan fingerprint density at radius 2 is 1.72 bits per heavy atom. The molecule has 2 aromatic carbocycles. The molecule has 0 radical (unpaired) electrons. The van der Waals surface area contributed by atoms with E-state index in [-0.39, 0.29) is 5.41 Å². The summed E-state index contributed by atoms with van der Waals surface area (Å²) in [5.41, 5.74) is 0.147. The van der Waals surface area contributed by atoms with Crippen molar-refractivity contribution < 1.29 is 4.74 Å². The fourth-order valence-corrected chi connectivity index (χ4v) is 2.14. The molecule has 0 spiro atoms. The molecule has 96 valence electrons. The maximum atomic E-state index is 5.86. The summed E-state index contributed by atoms with van der Waals surface area (Å²) in [6, 6.07) is 12.5. The lowest BCUT2D eigenvalue weighted by molar-refractivity contribution is 0.203. The highest BCUT2D eigenvalue weighted by Crippen LogP contribution is 2.26. The van der Waals surface area contributed by atoms with Crippen LogP contribution in [-0.4, -0.2) is 11.9 Å². The van der Waals surface area contributed by atoms with Crippen LogP contribution in [0.15, 0.2) is 40.9 Å². The minimum atomic E-state index is 0.147. The first-order valence-corrected chi connectivity index (χ1v) is 7.80. The molecule has 0 atom stereocenters. The van der Waals surface area contributed by atoms with Crippen molar-refractivity contribution >= 4 is 42.6 Å². The van der Waals surface area contributed by atoms with E-state index in [1.165, 1.54) is 10.8 Å². The van der Waals surface area contributed by atoms with Gasteiger partial charge in [-0.25, -0.2) is 0 Å². The van der Waals surface area contributed by atoms with E-state index in [0.717, 1.165) is 15.6 Å². The predicted octanol–water partition coefficient (Wildman–Crippen LogP) is 5.40. The summed E-state index contributed by atoms with van der Waals surface area (Å²) in [5, 5.41) is 3.35. The summed E-state index contributed by atoms with van der Waals surface area (Å²) in [4.78, 5) is 0. The number of benzene rings is 2. The lowest BCUT2D eigenvalue weighted by Crippen LogP contribution is -2.22. The quantitative estimate of drug-likeness (QED) is 0.653. The molecule has 2 rings (SSSR count). The molecule has 0 aliphatic heterocycles. The van der Waals surface area contributed by atoms with Gasteiger partial charge in [0.2, 0.25) is 0 Å². The van der Waals surface area contributed by atoms with E-state index in [1.807, 2.05) is 6.07 Å². The number of alkyl halides is 1. The van der Waals surface area contributed by atoms with Crippen molar-refractivity contribution in [1.29, 1.82) is 0 Å². The first kappa shape index (κ1) is 13.9. The summed E-state index contributed by atoms with van der Waals surface area (Å²) in [7, 11) is 0. The highest BCUT2D eigenvalue weighted by Gasteiger charge is 2.16. The van der Waals surface area contributed by atoms with Gasteiger partial charge in [0.05, 0.1) is 6.61 Å². The van der Waals surface area contributed by atoms with E-state index in [4.69, 9.17) is 4.74 Å². The van der Waals surface area contributed by atoms with E-state index >= 15 is 0 Å². The smallest absolute Gasteiger partial charge is 0.119 e. The minimum absolute atomic E-state index is 0.147. The van der Waals surface area contributed by atoms with E-state index in [9.17, 15) is 0 Å². The molecular formula is C15H16Br2O. The summed E-state index contributed by atoms with van der Waals surface area (Å²) in [5.74, 6) is 0.929. The molecule has 0 saturated carbocycles. The zero-order valence-electron chi connectivity index (χ0n) is 10.5. The topological polar surface area (TPSA) is 9.23 Å². The van der Waals surface area contributed by atoms with Crippen LogP contribution < -0.4 is 4.74 Å². The van der Waals surface area contributed by atoms with Gasteiger partial charge in [-0.1, -0.05) is 57.8 Å². The van der Waals surface area contributed by atoms with Crippen molar-refractivity contribution in [3.8, 4) is 5.75 Å². The monoisotopic (exact) mass is 370 g/mol. The SMILES string of the molecule is CC(C)(CBr)COc1ccc2cc(Br)ccc2c1. The van der Waals surface area contributed by atoms with Crippen LogP contribution in [-0.2, 0) is 0 Å². The van der Waals surface area contributed by atoms with Crippen molar-refractivity contribution in [1.82, 2.24) is 0 Å². The number of hydrogen-bond acceptors (Lipinski definition) is 1. The Labute approximate surface area is 125 Å². The van der Waals surface area contributed by atoms with Crippen LogP contribution >= 0.6 is 31.9 Å². The first-order chi connectivity index (χ1) is 8.50. The second-order valence-corrected chi connectivity index (χ2v) is 6.72. The highest BCUT2D eigenvalue weighted by molar-refractivity contribution is 9.10. The summed E-state index contributed by atoms with van der Waals surface area (Å²) >= 11 is 6.99. The van der Waals surface area contributed by atoms with E-state index in [2.05, 4.69) is 76.0 Å². The van der Waals surface area contributed by atoms with Gasteiger partial charge in [0, 0.05) is 15.2 Å².